The average Bonchev–Trinajstić information content (AvgIpc) is 3.32. The maximum absolute atomic E-state index is 12.2. The number of benzene rings is 2. The van der Waals surface area contributed by atoms with Crippen molar-refractivity contribution in [3.8, 4) is 0 Å². The number of hydrogen-bond acceptors (Lipinski definition) is 2. The molecule has 4 heteroatoms. The van der Waals surface area contributed by atoms with Crippen molar-refractivity contribution in [2.75, 3.05) is 10.6 Å². The summed E-state index contributed by atoms with van der Waals surface area (Å²) in [6, 6.07) is 15.3. The first kappa shape index (κ1) is 15.3. The molecule has 23 heavy (non-hydrogen) atoms. The molecule has 1 fully saturated rings. The van der Waals surface area contributed by atoms with Crippen LogP contribution in [0.2, 0.25) is 0 Å². The molecule has 0 radical (unpaired) electrons. The summed E-state index contributed by atoms with van der Waals surface area (Å²) in [5.74, 6) is -0.637. The molecule has 0 spiro atoms. The number of carbonyl (C=O) groups excluding carboxylic acids is 2. The van der Waals surface area contributed by atoms with Gasteiger partial charge in [0.05, 0.1) is 11.8 Å². The Hall–Kier alpha value is -2.62. The molecule has 0 heterocycles. The van der Waals surface area contributed by atoms with Gasteiger partial charge in [0.1, 0.15) is 0 Å². The zero-order chi connectivity index (χ0) is 16.4. The quantitative estimate of drug-likeness (QED) is 0.908. The number of amides is 2. The Bertz CT molecular complexity index is 737. The molecule has 2 atom stereocenters. The molecule has 2 unspecified atom stereocenters. The first-order chi connectivity index (χ1) is 11.0. The van der Waals surface area contributed by atoms with E-state index in [1.54, 1.807) is 0 Å². The largest absolute Gasteiger partial charge is 0.326 e. The third-order valence-electron chi connectivity index (χ3n) is 4.19. The fraction of sp³-hybridized carbons (Fsp3) is 0.263. The summed E-state index contributed by atoms with van der Waals surface area (Å²) in [7, 11) is 0. The van der Waals surface area contributed by atoms with Gasteiger partial charge in [-0.05, 0) is 44.0 Å². The van der Waals surface area contributed by atoms with Crippen LogP contribution in [0.25, 0.3) is 0 Å². The lowest BCUT2D eigenvalue weighted by Crippen LogP contribution is -2.20. The number of aryl methyl sites for hydroxylation is 2. The van der Waals surface area contributed by atoms with E-state index in [9.17, 15) is 9.59 Å². The van der Waals surface area contributed by atoms with Crippen molar-refractivity contribution in [2.45, 2.75) is 20.3 Å². The molecule has 2 aromatic carbocycles. The Morgan fingerprint density at radius 1 is 0.870 bits per heavy atom. The van der Waals surface area contributed by atoms with Crippen molar-refractivity contribution in [1.82, 2.24) is 0 Å². The summed E-state index contributed by atoms with van der Waals surface area (Å²) in [5, 5.41) is 5.78. The number of para-hydroxylation sites is 1. The number of carbonyl (C=O) groups is 2. The van der Waals surface area contributed by atoms with E-state index in [4.69, 9.17) is 0 Å². The molecule has 118 valence electrons. The van der Waals surface area contributed by atoms with E-state index >= 15 is 0 Å². The fourth-order valence-electron chi connectivity index (χ4n) is 2.58. The lowest BCUT2D eigenvalue weighted by Gasteiger charge is -2.08. The molecule has 3 rings (SSSR count). The molecule has 4 nitrogen and oxygen atoms in total. The van der Waals surface area contributed by atoms with E-state index in [0.717, 1.165) is 22.5 Å². The van der Waals surface area contributed by atoms with Crippen LogP contribution in [-0.2, 0) is 9.59 Å². The van der Waals surface area contributed by atoms with Crippen molar-refractivity contribution < 1.29 is 9.59 Å². The van der Waals surface area contributed by atoms with Crippen molar-refractivity contribution >= 4 is 23.2 Å². The van der Waals surface area contributed by atoms with E-state index in [1.165, 1.54) is 0 Å². The minimum absolute atomic E-state index is 0.0802. The van der Waals surface area contributed by atoms with Crippen LogP contribution in [0.5, 0.6) is 0 Å². The van der Waals surface area contributed by atoms with E-state index in [0.29, 0.717) is 6.42 Å². The molecule has 2 N–H and O–H groups in total. The first-order valence-corrected chi connectivity index (χ1v) is 7.78. The average molecular weight is 308 g/mol. The third-order valence-corrected chi connectivity index (χ3v) is 4.19. The van der Waals surface area contributed by atoms with Crippen LogP contribution in [0.15, 0.2) is 48.5 Å². The Morgan fingerprint density at radius 2 is 1.48 bits per heavy atom. The monoisotopic (exact) mass is 308 g/mol. The lowest BCUT2D eigenvalue weighted by atomic mass is 10.2. The summed E-state index contributed by atoms with van der Waals surface area (Å²) in [5.41, 5.74) is 3.74. The topological polar surface area (TPSA) is 58.2 Å². The summed E-state index contributed by atoms with van der Waals surface area (Å²) >= 11 is 0. The number of rotatable bonds is 4. The van der Waals surface area contributed by atoms with Gasteiger partial charge >= 0.3 is 0 Å². The van der Waals surface area contributed by atoms with Gasteiger partial charge in [-0.3, -0.25) is 9.59 Å². The Morgan fingerprint density at radius 3 is 2.13 bits per heavy atom. The normalized spacial score (nSPS) is 19.0. The van der Waals surface area contributed by atoms with Gasteiger partial charge in [0.25, 0.3) is 0 Å². The molecule has 1 aliphatic carbocycles. The second kappa shape index (κ2) is 6.24. The van der Waals surface area contributed by atoms with Crippen LogP contribution in [0.3, 0.4) is 0 Å². The Kier molecular flexibility index (Phi) is 4.15. The van der Waals surface area contributed by atoms with Crippen LogP contribution < -0.4 is 10.6 Å². The number of anilines is 2. The van der Waals surface area contributed by atoms with E-state index in [2.05, 4.69) is 10.6 Å². The zero-order valence-corrected chi connectivity index (χ0v) is 13.3. The van der Waals surface area contributed by atoms with Crippen molar-refractivity contribution in [2.24, 2.45) is 11.8 Å². The van der Waals surface area contributed by atoms with E-state index < -0.39 is 0 Å². The minimum Gasteiger partial charge on any atom is -0.326 e. The first-order valence-electron chi connectivity index (χ1n) is 7.78. The molecular formula is C19H20N2O2. The molecule has 2 aromatic rings. The maximum Gasteiger partial charge on any atom is 0.228 e. The molecule has 1 aliphatic rings. The molecule has 0 bridgehead atoms. The van der Waals surface area contributed by atoms with Crippen molar-refractivity contribution in [3.63, 3.8) is 0 Å². The highest BCUT2D eigenvalue weighted by atomic mass is 16.2. The number of hydrogen-bond donors (Lipinski definition) is 2. The van der Waals surface area contributed by atoms with Gasteiger partial charge in [-0.1, -0.05) is 35.9 Å². The Balaban J connectivity index is 1.56. The second-order valence-corrected chi connectivity index (χ2v) is 6.11. The smallest absolute Gasteiger partial charge is 0.228 e. The minimum atomic E-state index is -0.236. The maximum atomic E-state index is 12.2. The van der Waals surface area contributed by atoms with Crippen molar-refractivity contribution in [3.05, 3.63) is 59.7 Å². The molecular weight excluding hydrogens is 288 g/mol. The zero-order valence-electron chi connectivity index (χ0n) is 13.3. The summed E-state index contributed by atoms with van der Waals surface area (Å²) in [4.78, 5) is 24.5. The Labute approximate surface area is 135 Å². The summed E-state index contributed by atoms with van der Waals surface area (Å²) in [6.45, 7) is 3.95. The predicted molar refractivity (Wildman–Crippen MR) is 91.2 cm³/mol. The highest BCUT2D eigenvalue weighted by Crippen LogP contribution is 2.40. The molecule has 2 amide bonds. The van der Waals surface area contributed by atoms with Crippen LogP contribution in [0.1, 0.15) is 17.5 Å². The predicted octanol–water partition coefficient (Wildman–Crippen LogP) is 3.52. The van der Waals surface area contributed by atoms with Gasteiger partial charge in [-0.15, -0.1) is 0 Å². The van der Waals surface area contributed by atoms with Gasteiger partial charge in [-0.25, -0.2) is 0 Å². The molecule has 0 aromatic heterocycles. The highest BCUT2D eigenvalue weighted by molar-refractivity contribution is 6.03. The molecule has 0 saturated heterocycles. The fourth-order valence-corrected chi connectivity index (χ4v) is 2.58. The van der Waals surface area contributed by atoms with Gasteiger partial charge in [0.2, 0.25) is 11.8 Å². The highest BCUT2D eigenvalue weighted by Gasteiger charge is 2.48. The summed E-state index contributed by atoms with van der Waals surface area (Å²) < 4.78 is 0. The summed E-state index contributed by atoms with van der Waals surface area (Å²) in [6.07, 6.45) is 0.607. The standard InChI is InChI=1S/C19H20N2O2/c1-12-7-9-14(10-8-12)20-18(22)15-11-16(15)19(23)21-17-6-4-3-5-13(17)2/h3-10,15-16H,11H2,1-2H3,(H,20,22)(H,21,23). The SMILES string of the molecule is Cc1ccc(NC(=O)C2CC2C(=O)Nc2ccccc2C)cc1. The van der Waals surface area contributed by atoms with Crippen LogP contribution >= 0.6 is 0 Å². The van der Waals surface area contributed by atoms with Gasteiger partial charge in [-0.2, -0.15) is 0 Å². The van der Waals surface area contributed by atoms with Gasteiger partial charge in [0.15, 0.2) is 0 Å². The lowest BCUT2D eigenvalue weighted by molar-refractivity contribution is -0.122. The van der Waals surface area contributed by atoms with Crippen molar-refractivity contribution in [1.29, 1.82) is 0 Å². The van der Waals surface area contributed by atoms with Gasteiger partial charge in [0, 0.05) is 11.4 Å². The van der Waals surface area contributed by atoms with Crippen LogP contribution in [0, 0.1) is 25.7 Å². The van der Waals surface area contributed by atoms with E-state index in [1.807, 2.05) is 62.4 Å². The van der Waals surface area contributed by atoms with E-state index in [-0.39, 0.29) is 23.7 Å². The van der Waals surface area contributed by atoms with Crippen LogP contribution in [0.4, 0.5) is 11.4 Å². The molecule has 1 saturated carbocycles. The van der Waals surface area contributed by atoms with Crippen LogP contribution in [-0.4, -0.2) is 11.8 Å². The third kappa shape index (κ3) is 3.59. The second-order valence-electron chi connectivity index (χ2n) is 6.11. The number of nitrogens with one attached hydrogen (secondary N) is 2. The van der Waals surface area contributed by atoms with Gasteiger partial charge < -0.3 is 10.6 Å². The molecule has 0 aliphatic heterocycles.